The Balaban J connectivity index is 1.84. The van der Waals surface area contributed by atoms with Crippen LogP contribution in [0.25, 0.3) is 0 Å². The summed E-state index contributed by atoms with van der Waals surface area (Å²) in [4.78, 5) is 15.6. The van der Waals surface area contributed by atoms with E-state index in [1.54, 1.807) is 42.4 Å². The minimum atomic E-state index is -1.20. The molecule has 1 aromatic heterocycles. The van der Waals surface area contributed by atoms with Crippen LogP contribution >= 0.6 is 0 Å². The van der Waals surface area contributed by atoms with Gasteiger partial charge in [-0.05, 0) is 17.7 Å². The molecule has 1 heterocycles. The predicted molar refractivity (Wildman–Crippen MR) is 71.0 cm³/mol. The van der Waals surface area contributed by atoms with Crippen molar-refractivity contribution < 1.29 is 14.6 Å². The monoisotopic (exact) mass is 276 g/mol. The largest absolute Gasteiger partial charge is 0.497 e. The first kappa shape index (κ1) is 14.0. The summed E-state index contributed by atoms with van der Waals surface area (Å²) in [5.74, 6) is 0.225. The number of ether oxygens (including phenoxy) is 1. The second-order valence-corrected chi connectivity index (χ2v) is 4.13. The topological polar surface area (TPSA) is 89.3 Å². The molecule has 0 aliphatic carbocycles. The summed E-state index contributed by atoms with van der Waals surface area (Å²) in [6, 6.07) is 6.70. The number of carbonyl (C=O) groups excluding carboxylic acids is 1. The van der Waals surface area contributed by atoms with Gasteiger partial charge in [-0.25, -0.2) is 4.98 Å². The minimum absolute atomic E-state index is 0.370. The number of carbonyl (C=O) groups is 1. The SMILES string of the molecule is COc1ccc([C@H](O)C(=O)NCCn2cncn2)cc1. The molecule has 7 nitrogen and oxygen atoms in total. The fraction of sp³-hybridized carbons (Fsp3) is 0.308. The van der Waals surface area contributed by atoms with Crippen LogP contribution in [0.1, 0.15) is 11.7 Å². The first-order valence-electron chi connectivity index (χ1n) is 6.13. The molecule has 0 saturated heterocycles. The molecule has 7 heteroatoms. The predicted octanol–water partition coefficient (Wildman–Crippen LogP) is 0.136. The lowest BCUT2D eigenvalue weighted by atomic mass is 10.1. The number of methoxy groups -OCH3 is 1. The second kappa shape index (κ2) is 6.67. The molecule has 1 atom stereocenters. The second-order valence-electron chi connectivity index (χ2n) is 4.13. The van der Waals surface area contributed by atoms with Gasteiger partial charge in [-0.3, -0.25) is 9.48 Å². The Kier molecular flexibility index (Phi) is 4.67. The van der Waals surface area contributed by atoms with Gasteiger partial charge >= 0.3 is 0 Å². The highest BCUT2D eigenvalue weighted by atomic mass is 16.5. The van der Waals surface area contributed by atoms with Crippen LogP contribution in [0, 0.1) is 0 Å². The summed E-state index contributed by atoms with van der Waals surface area (Å²) in [5.41, 5.74) is 0.518. The molecule has 2 N–H and O–H groups in total. The number of nitrogens with zero attached hydrogens (tertiary/aromatic N) is 3. The van der Waals surface area contributed by atoms with Crippen molar-refractivity contribution in [3.05, 3.63) is 42.5 Å². The summed E-state index contributed by atoms with van der Waals surface area (Å²) in [5, 5.41) is 16.5. The Morgan fingerprint density at radius 3 is 2.80 bits per heavy atom. The van der Waals surface area contributed by atoms with Gasteiger partial charge in [0.2, 0.25) is 0 Å². The van der Waals surface area contributed by atoms with Crippen molar-refractivity contribution in [2.24, 2.45) is 0 Å². The number of aliphatic hydroxyl groups excluding tert-OH is 1. The summed E-state index contributed by atoms with van der Waals surface area (Å²) >= 11 is 0. The van der Waals surface area contributed by atoms with E-state index in [0.717, 1.165) is 0 Å². The average Bonchev–Trinajstić information content (AvgIpc) is 2.99. The Labute approximate surface area is 116 Å². The first-order valence-corrected chi connectivity index (χ1v) is 6.13. The number of aliphatic hydroxyl groups is 1. The number of hydrogen-bond donors (Lipinski definition) is 2. The Morgan fingerprint density at radius 1 is 1.45 bits per heavy atom. The molecule has 1 amide bonds. The molecule has 0 spiro atoms. The standard InChI is InChI=1S/C13H16N4O3/c1-20-11-4-2-10(3-5-11)12(18)13(19)15-6-7-17-9-14-8-16-17/h2-5,8-9,12,18H,6-7H2,1H3,(H,15,19)/t12-/m0/s1. The van der Waals surface area contributed by atoms with Crippen LogP contribution in [0.5, 0.6) is 5.75 Å². The first-order chi connectivity index (χ1) is 9.70. The van der Waals surface area contributed by atoms with Gasteiger partial charge in [0.25, 0.3) is 5.91 Å². The van der Waals surface area contributed by atoms with Gasteiger partial charge in [0.05, 0.1) is 13.7 Å². The highest BCUT2D eigenvalue weighted by molar-refractivity contribution is 5.81. The van der Waals surface area contributed by atoms with Crippen molar-refractivity contribution in [2.75, 3.05) is 13.7 Å². The van der Waals surface area contributed by atoms with Crippen LogP contribution < -0.4 is 10.1 Å². The van der Waals surface area contributed by atoms with Gasteiger partial charge in [0, 0.05) is 6.54 Å². The number of benzene rings is 1. The third-order valence-electron chi connectivity index (χ3n) is 2.79. The zero-order chi connectivity index (χ0) is 14.4. The fourth-order valence-electron chi connectivity index (χ4n) is 1.68. The highest BCUT2D eigenvalue weighted by Crippen LogP contribution is 2.17. The van der Waals surface area contributed by atoms with Crippen molar-refractivity contribution in [3.63, 3.8) is 0 Å². The van der Waals surface area contributed by atoms with Gasteiger partial charge in [0.15, 0.2) is 6.10 Å². The third-order valence-corrected chi connectivity index (χ3v) is 2.79. The average molecular weight is 276 g/mol. The van der Waals surface area contributed by atoms with Crippen molar-refractivity contribution in [2.45, 2.75) is 12.6 Å². The molecule has 106 valence electrons. The Morgan fingerprint density at radius 2 is 2.20 bits per heavy atom. The molecule has 0 aliphatic heterocycles. The highest BCUT2D eigenvalue weighted by Gasteiger charge is 2.16. The molecule has 0 aliphatic rings. The van der Waals surface area contributed by atoms with E-state index in [2.05, 4.69) is 15.4 Å². The lowest BCUT2D eigenvalue weighted by Crippen LogP contribution is -2.32. The van der Waals surface area contributed by atoms with Gasteiger partial charge in [-0.1, -0.05) is 12.1 Å². The smallest absolute Gasteiger partial charge is 0.253 e. The third kappa shape index (κ3) is 3.55. The molecule has 2 rings (SSSR count). The molecule has 2 aromatic rings. The van der Waals surface area contributed by atoms with Crippen LogP contribution in [-0.2, 0) is 11.3 Å². The maximum atomic E-state index is 11.8. The maximum absolute atomic E-state index is 11.8. The van der Waals surface area contributed by atoms with Crippen LogP contribution in [0.2, 0.25) is 0 Å². The molecule has 1 aromatic carbocycles. The van der Waals surface area contributed by atoms with Gasteiger partial charge < -0.3 is 15.2 Å². The van der Waals surface area contributed by atoms with E-state index in [4.69, 9.17) is 4.74 Å². The summed E-state index contributed by atoms with van der Waals surface area (Å²) in [6.45, 7) is 0.872. The zero-order valence-electron chi connectivity index (χ0n) is 11.1. The molecule has 0 unspecified atom stereocenters. The van der Waals surface area contributed by atoms with Gasteiger partial charge in [0.1, 0.15) is 18.4 Å². The zero-order valence-corrected chi connectivity index (χ0v) is 11.1. The minimum Gasteiger partial charge on any atom is -0.497 e. The van der Waals surface area contributed by atoms with E-state index in [0.29, 0.717) is 24.4 Å². The van der Waals surface area contributed by atoms with Crippen molar-refractivity contribution in [1.82, 2.24) is 20.1 Å². The lowest BCUT2D eigenvalue weighted by Gasteiger charge is -2.12. The van der Waals surface area contributed by atoms with E-state index < -0.39 is 12.0 Å². The van der Waals surface area contributed by atoms with Gasteiger partial charge in [-0.2, -0.15) is 5.10 Å². The van der Waals surface area contributed by atoms with E-state index in [-0.39, 0.29) is 0 Å². The Bertz CT molecular complexity index is 539. The van der Waals surface area contributed by atoms with Crippen LogP contribution in [0.15, 0.2) is 36.9 Å². The van der Waals surface area contributed by atoms with Crippen molar-refractivity contribution >= 4 is 5.91 Å². The Hall–Kier alpha value is -2.41. The van der Waals surface area contributed by atoms with E-state index in [9.17, 15) is 9.90 Å². The van der Waals surface area contributed by atoms with Crippen LogP contribution in [0.3, 0.4) is 0 Å². The summed E-state index contributed by atoms with van der Waals surface area (Å²) in [7, 11) is 1.56. The van der Waals surface area contributed by atoms with Crippen molar-refractivity contribution in [3.8, 4) is 5.75 Å². The van der Waals surface area contributed by atoms with Gasteiger partial charge in [-0.15, -0.1) is 0 Å². The molecule has 20 heavy (non-hydrogen) atoms. The van der Waals surface area contributed by atoms with Crippen LogP contribution in [-0.4, -0.2) is 39.4 Å². The quantitative estimate of drug-likeness (QED) is 0.783. The normalized spacial score (nSPS) is 11.9. The molecule has 0 fully saturated rings. The molecular weight excluding hydrogens is 260 g/mol. The maximum Gasteiger partial charge on any atom is 0.253 e. The molecule has 0 bridgehead atoms. The van der Waals surface area contributed by atoms with E-state index in [1.807, 2.05) is 0 Å². The number of nitrogens with one attached hydrogen (secondary N) is 1. The lowest BCUT2D eigenvalue weighted by molar-refractivity contribution is -0.129. The van der Waals surface area contributed by atoms with E-state index in [1.165, 1.54) is 6.33 Å². The van der Waals surface area contributed by atoms with Crippen LogP contribution in [0.4, 0.5) is 0 Å². The molecular formula is C13H16N4O3. The number of amides is 1. The number of hydrogen-bond acceptors (Lipinski definition) is 5. The molecule has 0 radical (unpaired) electrons. The summed E-state index contributed by atoms with van der Waals surface area (Å²) < 4.78 is 6.62. The van der Waals surface area contributed by atoms with Crippen molar-refractivity contribution in [1.29, 1.82) is 0 Å². The van der Waals surface area contributed by atoms with E-state index >= 15 is 0 Å². The number of aromatic nitrogens is 3. The molecule has 0 saturated carbocycles. The fourth-order valence-corrected chi connectivity index (χ4v) is 1.68. The number of rotatable bonds is 6. The summed E-state index contributed by atoms with van der Waals surface area (Å²) in [6.07, 6.45) is 1.79.